The molecule has 3 aromatic rings. The molecule has 1 heterocycles. The first-order valence-corrected chi connectivity index (χ1v) is 13.3. The molecule has 0 saturated heterocycles. The van der Waals surface area contributed by atoms with E-state index < -0.39 is 24.0 Å². The number of nitrogens with zero attached hydrogens (tertiary/aromatic N) is 1. The maximum Gasteiger partial charge on any atom is 0.338 e. The highest BCUT2D eigenvalue weighted by molar-refractivity contribution is 6.03. The molecule has 0 radical (unpaired) electrons. The lowest BCUT2D eigenvalue weighted by Crippen LogP contribution is -2.45. The summed E-state index contributed by atoms with van der Waals surface area (Å²) >= 11 is 0. The Balaban J connectivity index is 1.82. The van der Waals surface area contributed by atoms with Gasteiger partial charge in [-0.05, 0) is 48.7 Å². The topological polar surface area (TPSA) is 141 Å². The number of ether oxygens (including phenoxy) is 1. The van der Waals surface area contributed by atoms with Crippen LogP contribution in [0, 0.1) is 0 Å². The fraction of sp³-hybridized carbons (Fsp3) is 0.367. The lowest BCUT2D eigenvalue weighted by atomic mass is 10.0. The minimum absolute atomic E-state index is 0.0550. The van der Waals surface area contributed by atoms with E-state index in [4.69, 9.17) is 20.6 Å². The predicted molar refractivity (Wildman–Crippen MR) is 149 cm³/mol. The highest BCUT2D eigenvalue weighted by Gasteiger charge is 2.26. The second-order valence-electron chi connectivity index (χ2n) is 9.46. The minimum atomic E-state index is -0.744. The summed E-state index contributed by atoms with van der Waals surface area (Å²) in [5.41, 5.74) is 13.4. The second kappa shape index (κ2) is 14.8. The van der Waals surface area contributed by atoms with Crippen LogP contribution >= 0.6 is 0 Å². The highest BCUT2D eigenvalue weighted by Crippen LogP contribution is 2.17. The number of nitrogens with two attached hydrogens (primary N) is 2. The van der Waals surface area contributed by atoms with Crippen LogP contribution in [0.25, 0.3) is 0 Å². The van der Waals surface area contributed by atoms with Crippen LogP contribution in [0.5, 0.6) is 0 Å². The van der Waals surface area contributed by atoms with Gasteiger partial charge in [-0.2, -0.15) is 0 Å². The zero-order valence-corrected chi connectivity index (χ0v) is 22.6. The molecule has 9 heteroatoms. The van der Waals surface area contributed by atoms with Gasteiger partial charge in [-0.25, -0.2) is 4.79 Å². The number of hydrogen-bond donors (Lipinski definition) is 3. The Labute approximate surface area is 229 Å². The van der Waals surface area contributed by atoms with Crippen LogP contribution < -0.4 is 16.8 Å². The largest absolute Gasteiger partial charge is 0.469 e. The molecule has 39 heavy (non-hydrogen) atoms. The van der Waals surface area contributed by atoms with Gasteiger partial charge in [0.15, 0.2) is 0 Å². The molecule has 2 atom stereocenters. The van der Waals surface area contributed by atoms with Crippen molar-refractivity contribution in [1.82, 2.24) is 10.2 Å². The van der Waals surface area contributed by atoms with Crippen LogP contribution in [0.1, 0.15) is 69.1 Å². The Bertz CT molecular complexity index is 1210. The number of primary amides is 1. The van der Waals surface area contributed by atoms with Crippen molar-refractivity contribution in [1.29, 1.82) is 0 Å². The zero-order valence-electron chi connectivity index (χ0n) is 22.6. The molecule has 2 aromatic carbocycles. The molecule has 0 bridgehead atoms. The van der Waals surface area contributed by atoms with Gasteiger partial charge in [-0.15, -0.1) is 0 Å². The van der Waals surface area contributed by atoms with Gasteiger partial charge < -0.3 is 30.8 Å². The van der Waals surface area contributed by atoms with E-state index in [9.17, 15) is 14.4 Å². The van der Waals surface area contributed by atoms with E-state index in [0.717, 1.165) is 18.4 Å². The Morgan fingerprint density at radius 2 is 1.62 bits per heavy atom. The smallest absolute Gasteiger partial charge is 0.338 e. The van der Waals surface area contributed by atoms with Crippen LogP contribution in [0.15, 0.2) is 71.3 Å². The first-order valence-electron chi connectivity index (χ1n) is 13.3. The first kappa shape index (κ1) is 29.6. The van der Waals surface area contributed by atoms with Crippen molar-refractivity contribution in [3.63, 3.8) is 0 Å². The van der Waals surface area contributed by atoms with E-state index in [0.29, 0.717) is 31.8 Å². The van der Waals surface area contributed by atoms with E-state index >= 15 is 0 Å². The van der Waals surface area contributed by atoms with Gasteiger partial charge in [0, 0.05) is 49.8 Å². The van der Waals surface area contributed by atoms with E-state index in [1.54, 1.807) is 17.2 Å². The Morgan fingerprint density at radius 1 is 0.949 bits per heavy atom. The third-order valence-electron chi connectivity index (χ3n) is 6.24. The fourth-order valence-corrected chi connectivity index (χ4v) is 4.28. The normalized spacial score (nSPS) is 12.5. The number of esters is 1. The summed E-state index contributed by atoms with van der Waals surface area (Å²) in [7, 11) is 0. The van der Waals surface area contributed by atoms with Crippen molar-refractivity contribution in [2.75, 3.05) is 19.6 Å². The summed E-state index contributed by atoms with van der Waals surface area (Å²) < 4.78 is 11.3. The number of rotatable bonds is 15. The number of nitrogens with one attached hydrogen (secondary N) is 1. The Kier molecular flexibility index (Phi) is 11.3. The van der Waals surface area contributed by atoms with Crippen LogP contribution in [-0.4, -0.2) is 54.5 Å². The zero-order chi connectivity index (χ0) is 28.2. The Hall–Kier alpha value is -3.95. The van der Waals surface area contributed by atoms with Crippen molar-refractivity contribution in [3.05, 3.63) is 94.9 Å². The van der Waals surface area contributed by atoms with Gasteiger partial charge in [0.05, 0.1) is 11.8 Å². The molecule has 9 nitrogen and oxygen atoms in total. The summed E-state index contributed by atoms with van der Waals surface area (Å²) in [4.78, 5) is 40.4. The standard InChI is InChI=1S/C30H38N4O5/c1-3-12-34(13-4-2)29(36)23-15-22(28(32)35)16-24(17-23)30(37)39-27(26(31)18-25-11-8-14-38-25)20-33-19-21-9-6-5-7-10-21/h5-11,14-17,26-27,33H,3-4,12-13,18-20,31H2,1-2H3,(H2,32,35). The Morgan fingerprint density at radius 3 is 2.23 bits per heavy atom. The molecule has 208 valence electrons. The van der Waals surface area contributed by atoms with E-state index in [1.807, 2.05) is 50.2 Å². The summed E-state index contributed by atoms with van der Waals surface area (Å²) in [6.45, 7) is 5.93. The van der Waals surface area contributed by atoms with Gasteiger partial charge in [0.2, 0.25) is 5.91 Å². The summed E-state index contributed by atoms with van der Waals surface area (Å²) in [5, 5.41) is 3.30. The number of furan rings is 1. The maximum atomic E-state index is 13.4. The number of carbonyl (C=O) groups is 3. The van der Waals surface area contributed by atoms with Crippen LogP contribution in [0.2, 0.25) is 0 Å². The van der Waals surface area contributed by atoms with Gasteiger partial charge in [0.1, 0.15) is 11.9 Å². The number of carbonyl (C=O) groups excluding carboxylic acids is 3. The molecule has 0 saturated carbocycles. The van der Waals surface area contributed by atoms with Crippen molar-refractivity contribution < 1.29 is 23.5 Å². The number of hydrogen-bond acceptors (Lipinski definition) is 7. The molecule has 0 fully saturated rings. The van der Waals surface area contributed by atoms with Crippen molar-refractivity contribution in [2.24, 2.45) is 11.5 Å². The van der Waals surface area contributed by atoms with Gasteiger partial charge in [0.25, 0.3) is 5.91 Å². The third kappa shape index (κ3) is 8.80. The summed E-state index contributed by atoms with van der Waals surface area (Å²) in [6, 6.07) is 17.0. The van der Waals surface area contributed by atoms with Gasteiger partial charge in [-0.3, -0.25) is 9.59 Å². The third-order valence-corrected chi connectivity index (χ3v) is 6.24. The fourth-order valence-electron chi connectivity index (χ4n) is 4.28. The molecule has 3 rings (SSSR count). The maximum absolute atomic E-state index is 13.4. The van der Waals surface area contributed by atoms with Crippen molar-refractivity contribution in [2.45, 2.75) is 51.8 Å². The quantitative estimate of drug-likeness (QED) is 0.253. The molecule has 5 N–H and O–H groups in total. The van der Waals surface area contributed by atoms with Crippen LogP contribution in [-0.2, 0) is 17.7 Å². The van der Waals surface area contributed by atoms with Crippen LogP contribution in [0.4, 0.5) is 0 Å². The molecular weight excluding hydrogens is 496 g/mol. The van der Waals surface area contributed by atoms with Crippen molar-refractivity contribution in [3.8, 4) is 0 Å². The SMILES string of the molecule is CCCN(CCC)C(=O)c1cc(C(N)=O)cc(C(=O)OC(CNCc2ccccc2)C(N)Cc2ccco2)c1. The molecular formula is C30H38N4O5. The van der Waals surface area contributed by atoms with Crippen LogP contribution in [0.3, 0.4) is 0 Å². The molecule has 2 unspecified atom stereocenters. The monoisotopic (exact) mass is 534 g/mol. The van der Waals surface area contributed by atoms with E-state index in [1.165, 1.54) is 18.2 Å². The highest BCUT2D eigenvalue weighted by atomic mass is 16.5. The average molecular weight is 535 g/mol. The predicted octanol–water partition coefficient (Wildman–Crippen LogP) is 3.53. The lowest BCUT2D eigenvalue weighted by Gasteiger charge is -2.25. The van der Waals surface area contributed by atoms with Gasteiger partial charge >= 0.3 is 5.97 Å². The first-order chi connectivity index (χ1) is 18.8. The molecule has 1 aromatic heterocycles. The van der Waals surface area contributed by atoms with Crippen molar-refractivity contribution >= 4 is 17.8 Å². The minimum Gasteiger partial charge on any atom is -0.469 e. The average Bonchev–Trinajstić information content (AvgIpc) is 3.45. The van der Waals surface area contributed by atoms with Gasteiger partial charge in [-0.1, -0.05) is 44.2 Å². The molecule has 0 aliphatic rings. The number of amides is 2. The van der Waals surface area contributed by atoms with E-state index in [-0.39, 0.29) is 29.1 Å². The molecule has 0 aliphatic carbocycles. The number of benzene rings is 2. The molecule has 0 spiro atoms. The summed E-state index contributed by atoms with van der Waals surface area (Å²) in [5.74, 6) is -1.05. The summed E-state index contributed by atoms with van der Waals surface area (Å²) in [6.07, 6.45) is 2.75. The molecule has 0 aliphatic heterocycles. The van der Waals surface area contributed by atoms with E-state index in [2.05, 4.69) is 5.32 Å². The molecule has 2 amide bonds. The second-order valence-corrected chi connectivity index (χ2v) is 9.46. The lowest BCUT2D eigenvalue weighted by molar-refractivity contribution is 0.0234.